The van der Waals surface area contributed by atoms with Gasteiger partial charge < -0.3 is 15.2 Å². The molecule has 0 amide bonds. The Morgan fingerprint density at radius 3 is 2.67 bits per heavy atom. The lowest BCUT2D eigenvalue weighted by molar-refractivity contribution is 0.481. The fourth-order valence-corrected chi connectivity index (χ4v) is 2.88. The maximum atomic E-state index is 4.25. The highest BCUT2D eigenvalue weighted by Crippen LogP contribution is 2.28. The molecule has 1 aliphatic carbocycles. The maximum Gasteiger partial charge on any atom is 0.191 e. The third-order valence-electron chi connectivity index (χ3n) is 4.38. The quantitative estimate of drug-likeness (QED) is 0.476. The molecule has 1 aliphatic rings. The fraction of sp³-hybridized carbons (Fsp3) is 0.800. The Morgan fingerprint density at radius 1 is 1.29 bits per heavy atom. The second-order valence-corrected chi connectivity index (χ2v) is 5.87. The Bertz CT molecular complexity index is 459. The minimum Gasteiger partial charge on any atom is -0.356 e. The standard InChI is InChI=1S/C15H28N6/c1-12-19-20-14(21(12)3)11-18-15(16-2)17-10-6-9-13-7-4-5-8-13/h13H,4-11H2,1-3H3,(H2,16,17,18). The minimum atomic E-state index is 0.639. The van der Waals surface area contributed by atoms with Gasteiger partial charge in [-0.15, -0.1) is 10.2 Å². The predicted octanol–water partition coefficient (Wildman–Crippen LogP) is 1.76. The minimum absolute atomic E-state index is 0.639. The normalized spacial score (nSPS) is 16.4. The van der Waals surface area contributed by atoms with Crippen LogP contribution in [0.25, 0.3) is 0 Å². The highest BCUT2D eigenvalue weighted by molar-refractivity contribution is 5.79. The molecule has 0 spiro atoms. The zero-order valence-corrected chi connectivity index (χ0v) is 13.5. The van der Waals surface area contributed by atoms with E-state index in [0.717, 1.165) is 30.1 Å². The summed E-state index contributed by atoms with van der Waals surface area (Å²) < 4.78 is 1.99. The van der Waals surface area contributed by atoms with E-state index in [-0.39, 0.29) is 0 Å². The molecule has 0 saturated heterocycles. The van der Waals surface area contributed by atoms with E-state index in [2.05, 4.69) is 25.8 Å². The molecule has 21 heavy (non-hydrogen) atoms. The van der Waals surface area contributed by atoms with Gasteiger partial charge in [0.25, 0.3) is 0 Å². The molecule has 6 heteroatoms. The van der Waals surface area contributed by atoms with Gasteiger partial charge in [0.15, 0.2) is 11.8 Å². The van der Waals surface area contributed by atoms with Gasteiger partial charge in [-0.05, 0) is 25.7 Å². The molecule has 0 radical (unpaired) electrons. The molecule has 0 unspecified atom stereocenters. The second-order valence-electron chi connectivity index (χ2n) is 5.87. The topological polar surface area (TPSA) is 67.1 Å². The molecule has 1 fully saturated rings. The van der Waals surface area contributed by atoms with Crippen LogP contribution in [0.4, 0.5) is 0 Å². The lowest BCUT2D eigenvalue weighted by Crippen LogP contribution is -2.37. The van der Waals surface area contributed by atoms with Gasteiger partial charge in [0.2, 0.25) is 0 Å². The molecule has 1 aromatic rings. The zero-order valence-electron chi connectivity index (χ0n) is 13.5. The third-order valence-corrected chi connectivity index (χ3v) is 4.38. The van der Waals surface area contributed by atoms with Gasteiger partial charge in [-0.2, -0.15) is 0 Å². The van der Waals surface area contributed by atoms with Gasteiger partial charge >= 0.3 is 0 Å². The molecule has 0 aliphatic heterocycles. The second kappa shape index (κ2) is 8.00. The van der Waals surface area contributed by atoms with Crippen molar-refractivity contribution in [2.75, 3.05) is 13.6 Å². The number of rotatable bonds is 6. The van der Waals surface area contributed by atoms with Gasteiger partial charge in [-0.25, -0.2) is 0 Å². The van der Waals surface area contributed by atoms with E-state index in [4.69, 9.17) is 0 Å². The Kier molecular flexibility index (Phi) is 6.02. The summed E-state index contributed by atoms with van der Waals surface area (Å²) >= 11 is 0. The van der Waals surface area contributed by atoms with Gasteiger partial charge in [-0.1, -0.05) is 25.7 Å². The number of hydrogen-bond donors (Lipinski definition) is 2. The number of aliphatic imine (C=N–C) groups is 1. The number of guanidine groups is 1. The number of nitrogens with one attached hydrogen (secondary N) is 2. The molecule has 1 saturated carbocycles. The number of hydrogen-bond acceptors (Lipinski definition) is 3. The highest BCUT2D eigenvalue weighted by Gasteiger charge is 2.14. The maximum absolute atomic E-state index is 4.25. The summed E-state index contributed by atoms with van der Waals surface area (Å²) in [5, 5.41) is 14.8. The van der Waals surface area contributed by atoms with E-state index in [1.54, 1.807) is 7.05 Å². The fourth-order valence-electron chi connectivity index (χ4n) is 2.88. The van der Waals surface area contributed by atoms with Crippen molar-refractivity contribution in [1.82, 2.24) is 25.4 Å². The van der Waals surface area contributed by atoms with E-state index in [1.165, 1.54) is 38.5 Å². The highest BCUT2D eigenvalue weighted by atomic mass is 15.3. The molecule has 2 rings (SSSR count). The molecule has 118 valence electrons. The van der Waals surface area contributed by atoms with Crippen LogP contribution in [0.2, 0.25) is 0 Å². The summed E-state index contributed by atoms with van der Waals surface area (Å²) in [5.41, 5.74) is 0. The smallest absolute Gasteiger partial charge is 0.191 e. The Morgan fingerprint density at radius 2 is 2.05 bits per heavy atom. The molecule has 6 nitrogen and oxygen atoms in total. The first-order chi connectivity index (χ1) is 10.2. The van der Waals surface area contributed by atoms with Crippen molar-refractivity contribution < 1.29 is 0 Å². The van der Waals surface area contributed by atoms with E-state index in [9.17, 15) is 0 Å². The monoisotopic (exact) mass is 292 g/mol. The molecule has 2 N–H and O–H groups in total. The Hall–Kier alpha value is -1.59. The van der Waals surface area contributed by atoms with Gasteiger partial charge in [0.05, 0.1) is 6.54 Å². The van der Waals surface area contributed by atoms with Gasteiger partial charge in [0.1, 0.15) is 5.82 Å². The molecule has 1 aromatic heterocycles. The molecule has 0 aromatic carbocycles. The lowest BCUT2D eigenvalue weighted by atomic mass is 10.0. The first kappa shape index (κ1) is 15.8. The largest absolute Gasteiger partial charge is 0.356 e. The van der Waals surface area contributed by atoms with E-state index in [0.29, 0.717) is 6.54 Å². The summed E-state index contributed by atoms with van der Waals surface area (Å²) in [4.78, 5) is 4.25. The van der Waals surface area contributed by atoms with Crippen LogP contribution in [0.5, 0.6) is 0 Å². The van der Waals surface area contributed by atoms with Crippen LogP contribution in [-0.4, -0.2) is 34.3 Å². The van der Waals surface area contributed by atoms with Crippen LogP contribution in [0.15, 0.2) is 4.99 Å². The van der Waals surface area contributed by atoms with Crippen molar-refractivity contribution >= 4 is 5.96 Å². The zero-order chi connectivity index (χ0) is 15.1. The summed E-state index contributed by atoms with van der Waals surface area (Å²) in [6, 6.07) is 0. The molecule has 0 bridgehead atoms. The number of nitrogens with zero attached hydrogens (tertiary/aromatic N) is 4. The average Bonchev–Trinajstić information content (AvgIpc) is 3.11. The van der Waals surface area contributed by atoms with Crippen LogP contribution in [-0.2, 0) is 13.6 Å². The molecule has 1 heterocycles. The summed E-state index contributed by atoms with van der Waals surface area (Å²) in [7, 11) is 3.78. The summed E-state index contributed by atoms with van der Waals surface area (Å²) in [6.07, 6.45) is 8.27. The van der Waals surface area contributed by atoms with Crippen molar-refractivity contribution in [2.45, 2.75) is 52.0 Å². The lowest BCUT2D eigenvalue weighted by Gasteiger charge is -2.13. The van der Waals surface area contributed by atoms with Crippen LogP contribution in [0.3, 0.4) is 0 Å². The van der Waals surface area contributed by atoms with Crippen molar-refractivity contribution in [3.05, 3.63) is 11.6 Å². The van der Waals surface area contributed by atoms with E-state index < -0.39 is 0 Å². The Balaban J connectivity index is 1.65. The van der Waals surface area contributed by atoms with Crippen molar-refractivity contribution in [3.8, 4) is 0 Å². The van der Waals surface area contributed by atoms with Crippen molar-refractivity contribution in [2.24, 2.45) is 18.0 Å². The average molecular weight is 292 g/mol. The summed E-state index contributed by atoms with van der Waals surface area (Å²) in [6.45, 7) is 3.57. The third kappa shape index (κ3) is 4.72. The van der Waals surface area contributed by atoms with Gasteiger partial charge in [0, 0.05) is 20.6 Å². The molecular weight excluding hydrogens is 264 g/mol. The summed E-state index contributed by atoms with van der Waals surface area (Å²) in [5.74, 6) is 3.64. The Labute approximate surface area is 127 Å². The molecule has 0 atom stereocenters. The first-order valence-corrected chi connectivity index (χ1v) is 8.00. The van der Waals surface area contributed by atoms with Crippen molar-refractivity contribution in [1.29, 1.82) is 0 Å². The first-order valence-electron chi connectivity index (χ1n) is 8.00. The van der Waals surface area contributed by atoms with Gasteiger partial charge in [-0.3, -0.25) is 4.99 Å². The predicted molar refractivity (Wildman–Crippen MR) is 85.1 cm³/mol. The SMILES string of the molecule is CN=C(NCCCC1CCCC1)NCc1nnc(C)n1C. The van der Waals surface area contributed by atoms with Crippen LogP contribution >= 0.6 is 0 Å². The number of aromatic nitrogens is 3. The van der Waals surface area contributed by atoms with Crippen LogP contribution in [0, 0.1) is 12.8 Å². The number of aryl methyl sites for hydroxylation is 1. The van der Waals surface area contributed by atoms with E-state index in [1.807, 2.05) is 18.5 Å². The molecular formula is C15H28N6. The van der Waals surface area contributed by atoms with Crippen LogP contribution < -0.4 is 10.6 Å². The van der Waals surface area contributed by atoms with E-state index >= 15 is 0 Å². The van der Waals surface area contributed by atoms with Crippen molar-refractivity contribution in [3.63, 3.8) is 0 Å². The van der Waals surface area contributed by atoms with Crippen LogP contribution in [0.1, 0.15) is 50.2 Å².